The maximum Gasteiger partial charge on any atom is 0.500 e. The van der Waals surface area contributed by atoms with Gasteiger partial charge in [0, 0.05) is 39.6 Å². The first-order valence-electron chi connectivity index (χ1n) is 4.56. The normalized spacial score (nSPS) is 11.7. The van der Waals surface area contributed by atoms with Crippen molar-refractivity contribution in [3.63, 3.8) is 0 Å². The van der Waals surface area contributed by atoms with Crippen molar-refractivity contribution in [3.8, 4) is 0 Å². The molecule has 0 aromatic carbocycles. The Morgan fingerprint density at radius 1 is 1.21 bits per heavy atom. The summed E-state index contributed by atoms with van der Waals surface area (Å²) in [6.07, 6.45) is 1.50. The summed E-state index contributed by atoms with van der Waals surface area (Å²) in [6.45, 7) is 0.321. The summed E-state index contributed by atoms with van der Waals surface area (Å²) in [6, 6.07) is 0.721. The second kappa shape index (κ2) is 7.08. The van der Waals surface area contributed by atoms with Crippen molar-refractivity contribution in [3.05, 3.63) is 0 Å². The number of rotatable bonds is 8. The van der Waals surface area contributed by atoms with Gasteiger partial charge in [-0.1, -0.05) is 0 Å². The number of hydrogen-bond acceptors (Lipinski definition) is 5. The zero-order chi connectivity index (χ0) is 11.0. The Morgan fingerprint density at radius 2 is 1.71 bits per heavy atom. The quantitative estimate of drug-likeness (QED) is 0.464. The number of nitrogens with two attached hydrogens (primary N) is 1. The van der Waals surface area contributed by atoms with Gasteiger partial charge in [0.1, 0.15) is 0 Å². The molecule has 0 atom stereocenters. The second-order valence-electron chi connectivity index (χ2n) is 2.96. The van der Waals surface area contributed by atoms with Crippen LogP contribution in [0.3, 0.4) is 0 Å². The lowest BCUT2D eigenvalue weighted by Gasteiger charge is -2.24. The molecule has 5 nitrogen and oxygen atoms in total. The van der Waals surface area contributed by atoms with Crippen LogP contribution in [0.5, 0.6) is 0 Å². The fourth-order valence-electron chi connectivity index (χ4n) is 1.18. The fraction of sp³-hybridized carbons (Fsp3) is 0.875. The van der Waals surface area contributed by atoms with Crippen LogP contribution in [0.4, 0.5) is 0 Å². The third-order valence-corrected chi connectivity index (χ3v) is 4.97. The monoisotopic (exact) mass is 220 g/mol. The first kappa shape index (κ1) is 13.7. The van der Waals surface area contributed by atoms with Crippen LogP contribution in [-0.2, 0) is 13.3 Å². The molecule has 0 unspecified atom stereocenters. The SMILES string of the molecule is CO[Si](CCCC(=N)CN)(OC)OC. The Bertz CT molecular complexity index is 166. The molecule has 0 aliphatic heterocycles. The summed E-state index contributed by atoms with van der Waals surface area (Å²) in [7, 11) is 2.34. The third-order valence-electron chi connectivity index (χ3n) is 2.14. The average molecular weight is 220 g/mol. The van der Waals surface area contributed by atoms with Crippen molar-refractivity contribution in [1.82, 2.24) is 0 Å². The summed E-state index contributed by atoms with van der Waals surface area (Å²) in [5, 5.41) is 7.38. The Kier molecular flexibility index (Phi) is 6.94. The van der Waals surface area contributed by atoms with Crippen molar-refractivity contribution in [2.75, 3.05) is 27.9 Å². The van der Waals surface area contributed by atoms with Crippen LogP contribution in [0.25, 0.3) is 0 Å². The maximum absolute atomic E-state index is 7.38. The molecular formula is C8H20N2O3Si. The minimum absolute atomic E-state index is 0.321. The van der Waals surface area contributed by atoms with Gasteiger partial charge in [-0.25, -0.2) is 0 Å². The summed E-state index contributed by atoms with van der Waals surface area (Å²) in [5.74, 6) is 0. The highest BCUT2D eigenvalue weighted by atomic mass is 28.4. The molecule has 0 aliphatic carbocycles. The van der Waals surface area contributed by atoms with E-state index in [0.29, 0.717) is 18.7 Å². The first-order valence-corrected chi connectivity index (χ1v) is 6.49. The molecule has 0 bridgehead atoms. The lowest BCUT2D eigenvalue weighted by Crippen LogP contribution is -2.42. The van der Waals surface area contributed by atoms with E-state index >= 15 is 0 Å². The van der Waals surface area contributed by atoms with Crippen molar-refractivity contribution in [1.29, 1.82) is 5.41 Å². The van der Waals surface area contributed by atoms with Crippen LogP contribution in [0.2, 0.25) is 6.04 Å². The smallest absolute Gasteiger partial charge is 0.377 e. The van der Waals surface area contributed by atoms with E-state index in [4.69, 9.17) is 24.4 Å². The van der Waals surface area contributed by atoms with Gasteiger partial charge >= 0.3 is 8.80 Å². The standard InChI is InChI=1S/C8H20N2O3Si/c1-11-14(12-2,13-3)6-4-5-8(10)7-9/h10H,4-7,9H2,1-3H3. The van der Waals surface area contributed by atoms with E-state index in [1.54, 1.807) is 21.3 Å². The third kappa shape index (κ3) is 4.29. The summed E-state index contributed by atoms with van der Waals surface area (Å²) >= 11 is 0. The van der Waals surface area contributed by atoms with Gasteiger partial charge < -0.3 is 24.4 Å². The average Bonchev–Trinajstić information content (AvgIpc) is 2.25. The first-order chi connectivity index (χ1) is 6.64. The van der Waals surface area contributed by atoms with Gasteiger partial charge in [-0.15, -0.1) is 0 Å². The summed E-state index contributed by atoms with van der Waals surface area (Å²) < 4.78 is 15.7. The lowest BCUT2D eigenvalue weighted by atomic mass is 10.2. The van der Waals surface area contributed by atoms with Crippen molar-refractivity contribution in [2.45, 2.75) is 18.9 Å². The van der Waals surface area contributed by atoms with Crippen LogP contribution in [0.1, 0.15) is 12.8 Å². The van der Waals surface area contributed by atoms with Gasteiger partial charge in [0.15, 0.2) is 0 Å². The molecule has 0 saturated heterocycles. The minimum atomic E-state index is -2.43. The van der Waals surface area contributed by atoms with Crippen molar-refractivity contribution in [2.24, 2.45) is 5.73 Å². The molecule has 0 aromatic rings. The number of nitrogens with one attached hydrogen (secondary N) is 1. The predicted molar refractivity (Wildman–Crippen MR) is 57.6 cm³/mol. The lowest BCUT2D eigenvalue weighted by molar-refractivity contribution is 0.123. The van der Waals surface area contributed by atoms with Crippen LogP contribution >= 0.6 is 0 Å². The minimum Gasteiger partial charge on any atom is -0.377 e. The Morgan fingerprint density at radius 3 is 2.07 bits per heavy atom. The molecule has 0 spiro atoms. The molecule has 3 N–H and O–H groups in total. The molecule has 0 heterocycles. The highest BCUT2D eigenvalue weighted by molar-refractivity contribution is 6.60. The van der Waals surface area contributed by atoms with E-state index < -0.39 is 8.80 Å². The molecule has 0 rings (SSSR count). The van der Waals surface area contributed by atoms with Crippen molar-refractivity contribution >= 4 is 14.5 Å². The van der Waals surface area contributed by atoms with Crippen LogP contribution < -0.4 is 5.73 Å². The van der Waals surface area contributed by atoms with Gasteiger partial charge in [-0.3, -0.25) is 0 Å². The van der Waals surface area contributed by atoms with Gasteiger partial charge in [0.2, 0.25) is 0 Å². The molecule has 0 saturated carbocycles. The molecule has 0 aromatic heterocycles. The van der Waals surface area contributed by atoms with E-state index in [1.165, 1.54) is 0 Å². The highest BCUT2D eigenvalue weighted by Gasteiger charge is 2.36. The molecule has 0 fully saturated rings. The molecule has 6 heteroatoms. The zero-order valence-electron chi connectivity index (χ0n) is 9.13. The van der Waals surface area contributed by atoms with E-state index in [2.05, 4.69) is 0 Å². The second-order valence-corrected chi connectivity index (χ2v) is 6.05. The van der Waals surface area contributed by atoms with Gasteiger partial charge in [0.05, 0.1) is 0 Å². The van der Waals surface area contributed by atoms with Crippen LogP contribution in [0.15, 0.2) is 0 Å². The Balaban J connectivity index is 3.88. The molecule has 0 aliphatic rings. The van der Waals surface area contributed by atoms with Gasteiger partial charge in [0.25, 0.3) is 0 Å². The molecular weight excluding hydrogens is 200 g/mol. The molecule has 0 amide bonds. The van der Waals surface area contributed by atoms with E-state index in [-0.39, 0.29) is 0 Å². The largest absolute Gasteiger partial charge is 0.500 e. The molecule has 0 radical (unpaired) electrons. The Hall–Kier alpha value is -0.273. The highest BCUT2D eigenvalue weighted by Crippen LogP contribution is 2.16. The topological polar surface area (TPSA) is 77.6 Å². The summed E-state index contributed by atoms with van der Waals surface area (Å²) in [5.41, 5.74) is 5.86. The maximum atomic E-state index is 7.38. The summed E-state index contributed by atoms with van der Waals surface area (Å²) in [4.78, 5) is 0. The zero-order valence-corrected chi connectivity index (χ0v) is 10.1. The van der Waals surface area contributed by atoms with Crippen molar-refractivity contribution < 1.29 is 13.3 Å². The van der Waals surface area contributed by atoms with Gasteiger partial charge in [-0.05, 0) is 12.8 Å². The molecule has 84 valence electrons. The number of hydrogen-bond donors (Lipinski definition) is 2. The fourth-order valence-corrected chi connectivity index (χ4v) is 2.90. The van der Waals surface area contributed by atoms with E-state index in [9.17, 15) is 0 Å². The van der Waals surface area contributed by atoms with Gasteiger partial charge in [-0.2, -0.15) is 0 Å². The van der Waals surface area contributed by atoms with E-state index in [1.807, 2.05) is 0 Å². The van der Waals surface area contributed by atoms with E-state index in [0.717, 1.165) is 12.5 Å². The molecule has 14 heavy (non-hydrogen) atoms. The van der Waals surface area contributed by atoms with Crippen LogP contribution in [-0.4, -0.2) is 42.4 Å². The predicted octanol–water partition coefficient (Wildman–Crippen LogP) is 0.623. The Labute approximate surface area is 86.4 Å². The van der Waals surface area contributed by atoms with Crippen LogP contribution in [0, 0.1) is 5.41 Å².